The lowest BCUT2D eigenvalue weighted by Crippen LogP contribution is -2.40. The molecule has 0 aliphatic heterocycles. The van der Waals surface area contributed by atoms with E-state index in [4.69, 9.17) is 18.9 Å². The molecule has 0 aliphatic carbocycles. The second kappa shape index (κ2) is 60.3. The van der Waals surface area contributed by atoms with Gasteiger partial charge in [0.1, 0.15) is 13.2 Å². The third-order valence-electron chi connectivity index (χ3n) is 14.8. The van der Waals surface area contributed by atoms with Crippen molar-refractivity contribution in [3.8, 4) is 0 Å². The number of carboxylic acids is 1. The first-order valence-electron chi connectivity index (χ1n) is 33.3. The zero-order chi connectivity index (χ0) is 56.9. The molecule has 0 aromatic carbocycles. The molecule has 9 nitrogen and oxygen atoms in total. The van der Waals surface area contributed by atoms with E-state index in [1.165, 1.54) is 212 Å². The highest BCUT2D eigenvalue weighted by atomic mass is 16.7. The van der Waals surface area contributed by atoms with Crippen molar-refractivity contribution < 1.29 is 42.9 Å². The Labute approximate surface area is 482 Å². The largest absolute Gasteiger partial charge is 0.477 e. The molecule has 9 heteroatoms. The third-order valence-corrected chi connectivity index (χ3v) is 14.8. The molecule has 0 radical (unpaired) electrons. The Balaban J connectivity index is 3.99. The number of unbranched alkanes of at least 4 members (excludes halogenated alkanes) is 39. The third kappa shape index (κ3) is 60.9. The molecule has 0 bridgehead atoms. The van der Waals surface area contributed by atoms with Crippen molar-refractivity contribution in [2.45, 2.75) is 328 Å². The SMILES string of the molecule is CC/C=C\C/C=C\C/C=C\C/C=C\CCCCCCC(=O)OC(COC(=O)CCCCCCCCCCCCCCCCCCCCCCCCCCCCCCCCCCCCCC)COC(OCC[N+](C)(C)C)C(=O)O. The van der Waals surface area contributed by atoms with Gasteiger partial charge in [0.15, 0.2) is 6.10 Å². The van der Waals surface area contributed by atoms with Gasteiger partial charge in [-0.1, -0.05) is 300 Å². The van der Waals surface area contributed by atoms with Gasteiger partial charge in [-0.2, -0.15) is 0 Å². The van der Waals surface area contributed by atoms with Crippen LogP contribution < -0.4 is 0 Å². The van der Waals surface area contributed by atoms with Crippen molar-refractivity contribution in [1.82, 2.24) is 0 Å². The number of hydrogen-bond donors (Lipinski definition) is 1. The van der Waals surface area contributed by atoms with Crippen molar-refractivity contribution in [2.24, 2.45) is 0 Å². The van der Waals surface area contributed by atoms with Crippen LogP contribution in [0.25, 0.3) is 0 Å². The number of rotatable bonds is 62. The Kier molecular flexibility index (Phi) is 58.2. The van der Waals surface area contributed by atoms with Crippen LogP contribution >= 0.6 is 0 Å². The van der Waals surface area contributed by atoms with Gasteiger partial charge in [0.2, 0.25) is 0 Å². The lowest BCUT2D eigenvalue weighted by Gasteiger charge is -2.25. The summed E-state index contributed by atoms with van der Waals surface area (Å²) in [6, 6.07) is 0. The van der Waals surface area contributed by atoms with E-state index in [-0.39, 0.29) is 32.2 Å². The molecule has 456 valence electrons. The highest BCUT2D eigenvalue weighted by Gasteiger charge is 2.25. The van der Waals surface area contributed by atoms with Crippen LogP contribution in [0.1, 0.15) is 316 Å². The number of likely N-dealkylation sites (N-methyl/N-ethyl adjacent to an activating group) is 1. The van der Waals surface area contributed by atoms with Crippen molar-refractivity contribution in [1.29, 1.82) is 0 Å². The second-order valence-corrected chi connectivity index (χ2v) is 23.8. The van der Waals surface area contributed by atoms with E-state index in [2.05, 4.69) is 62.5 Å². The van der Waals surface area contributed by atoms with Gasteiger partial charge in [-0.3, -0.25) is 9.59 Å². The molecule has 2 atom stereocenters. The first-order chi connectivity index (χ1) is 38.1. The fraction of sp³-hybridized carbons (Fsp3) is 0.841. The van der Waals surface area contributed by atoms with Crippen molar-refractivity contribution in [3.05, 3.63) is 48.6 Å². The molecule has 0 amide bonds. The van der Waals surface area contributed by atoms with Gasteiger partial charge in [-0.05, 0) is 51.4 Å². The Morgan fingerprint density at radius 2 is 0.731 bits per heavy atom. The Morgan fingerprint density at radius 3 is 1.09 bits per heavy atom. The molecule has 0 aromatic rings. The normalized spacial score (nSPS) is 13.0. The Bertz CT molecular complexity index is 1420. The minimum atomic E-state index is -1.52. The van der Waals surface area contributed by atoms with E-state index >= 15 is 0 Å². The van der Waals surface area contributed by atoms with Crippen molar-refractivity contribution in [3.63, 3.8) is 0 Å². The summed E-state index contributed by atoms with van der Waals surface area (Å²) in [5.41, 5.74) is 0. The molecule has 0 heterocycles. The molecule has 2 unspecified atom stereocenters. The predicted octanol–water partition coefficient (Wildman–Crippen LogP) is 20.2. The minimum Gasteiger partial charge on any atom is -0.477 e. The standard InChI is InChI=1S/C69H127NO8/c1-6-8-10-12-14-16-18-20-22-24-25-26-27-28-29-30-31-32-33-34-35-36-37-38-39-40-41-42-44-45-47-49-51-53-55-57-59-66(71)76-63-65(64-77-69(68(73)74)75-62-61-70(3,4)5)78-67(72)60-58-56-54-52-50-48-46-43-23-21-19-17-15-13-11-9-7-2/h9,11,15,17,21,23,46,48,65,69H,6-8,10,12-14,16,18-20,22,24-45,47,49-64H2,1-5H3/p+1/b11-9-,17-15-,23-21-,48-46-. The molecule has 0 saturated carbocycles. The fourth-order valence-electron chi connectivity index (χ4n) is 9.77. The highest BCUT2D eigenvalue weighted by molar-refractivity contribution is 5.71. The number of esters is 2. The number of ether oxygens (including phenoxy) is 4. The smallest absolute Gasteiger partial charge is 0.361 e. The van der Waals surface area contributed by atoms with Crippen molar-refractivity contribution in [2.75, 3.05) is 47.5 Å². The first kappa shape index (κ1) is 75.2. The maximum atomic E-state index is 12.9. The molecule has 78 heavy (non-hydrogen) atoms. The van der Waals surface area contributed by atoms with Crippen molar-refractivity contribution >= 4 is 17.9 Å². The van der Waals surface area contributed by atoms with E-state index in [1.807, 2.05) is 21.1 Å². The van der Waals surface area contributed by atoms with Gasteiger partial charge in [-0.15, -0.1) is 0 Å². The van der Waals surface area contributed by atoms with Crippen LogP contribution in [0.2, 0.25) is 0 Å². The molecule has 1 N–H and O–H groups in total. The van der Waals surface area contributed by atoms with Crippen LogP contribution in [0.3, 0.4) is 0 Å². The van der Waals surface area contributed by atoms with Gasteiger partial charge in [-0.25, -0.2) is 4.79 Å². The van der Waals surface area contributed by atoms with E-state index in [0.717, 1.165) is 70.6 Å². The fourth-order valence-corrected chi connectivity index (χ4v) is 9.77. The van der Waals surface area contributed by atoms with Gasteiger partial charge in [0.05, 0.1) is 34.4 Å². The molecule has 0 rings (SSSR count). The lowest BCUT2D eigenvalue weighted by molar-refractivity contribution is -0.870. The average molecular weight is 1100 g/mol. The highest BCUT2D eigenvalue weighted by Crippen LogP contribution is 2.18. The molecule has 0 saturated heterocycles. The monoisotopic (exact) mass is 1100 g/mol. The number of allylic oxidation sites excluding steroid dienone is 8. The summed E-state index contributed by atoms with van der Waals surface area (Å²) in [7, 11) is 5.97. The molecular weight excluding hydrogens is 971 g/mol. The molecule has 0 fully saturated rings. The van der Waals surface area contributed by atoms with Crippen LogP contribution in [0.15, 0.2) is 48.6 Å². The van der Waals surface area contributed by atoms with E-state index < -0.39 is 24.3 Å². The van der Waals surface area contributed by atoms with Gasteiger partial charge in [0.25, 0.3) is 6.29 Å². The Hall–Kier alpha value is -2.75. The number of hydrogen-bond acceptors (Lipinski definition) is 7. The minimum absolute atomic E-state index is 0.183. The topological polar surface area (TPSA) is 108 Å². The van der Waals surface area contributed by atoms with E-state index in [9.17, 15) is 19.5 Å². The number of nitrogens with zero attached hydrogens (tertiary/aromatic N) is 1. The van der Waals surface area contributed by atoms with Crippen LogP contribution in [0, 0.1) is 0 Å². The summed E-state index contributed by atoms with van der Waals surface area (Å²) in [4.78, 5) is 37.5. The predicted molar refractivity (Wildman–Crippen MR) is 332 cm³/mol. The zero-order valence-electron chi connectivity index (χ0n) is 52.1. The molecule has 0 aromatic heterocycles. The number of quaternary nitrogens is 1. The zero-order valence-corrected chi connectivity index (χ0v) is 52.1. The van der Waals surface area contributed by atoms with E-state index in [1.54, 1.807) is 0 Å². The van der Waals surface area contributed by atoms with Gasteiger partial charge in [0, 0.05) is 12.8 Å². The van der Waals surface area contributed by atoms with Crippen LogP contribution in [-0.2, 0) is 33.3 Å². The number of aliphatic carboxylic acids is 1. The van der Waals surface area contributed by atoms with Gasteiger partial charge >= 0.3 is 17.9 Å². The van der Waals surface area contributed by atoms with E-state index in [0.29, 0.717) is 23.9 Å². The maximum absolute atomic E-state index is 12.9. The second-order valence-electron chi connectivity index (χ2n) is 23.8. The van der Waals surface area contributed by atoms with Gasteiger partial charge < -0.3 is 28.5 Å². The van der Waals surface area contributed by atoms with Crippen LogP contribution in [-0.4, -0.2) is 87.4 Å². The lowest BCUT2D eigenvalue weighted by atomic mass is 10.0. The van der Waals surface area contributed by atoms with Crippen LogP contribution in [0.4, 0.5) is 0 Å². The first-order valence-corrected chi connectivity index (χ1v) is 33.3. The van der Waals surface area contributed by atoms with Crippen LogP contribution in [0.5, 0.6) is 0 Å². The maximum Gasteiger partial charge on any atom is 0.361 e. The summed E-state index contributed by atoms with van der Waals surface area (Å²) in [5, 5.41) is 9.71. The Morgan fingerprint density at radius 1 is 0.397 bits per heavy atom. The quantitative estimate of drug-likeness (QED) is 0.0211. The summed E-state index contributed by atoms with van der Waals surface area (Å²) >= 11 is 0. The summed E-state index contributed by atoms with van der Waals surface area (Å²) < 4.78 is 22.9. The number of carbonyl (C=O) groups is 3. The molecule has 0 aliphatic rings. The number of carbonyl (C=O) groups excluding carboxylic acids is 2. The molecular formula is C69H128NO8+. The summed E-state index contributed by atoms with van der Waals surface area (Å²) in [5.74, 6) is -2.02. The average Bonchev–Trinajstić information content (AvgIpc) is 3.41. The molecule has 0 spiro atoms. The number of carboxylic acid groups (broad SMARTS) is 1. The summed E-state index contributed by atoms with van der Waals surface area (Å²) in [6.07, 6.45) is 73.9. The summed E-state index contributed by atoms with van der Waals surface area (Å²) in [6.45, 7) is 4.77.